The second-order valence-electron chi connectivity index (χ2n) is 7.56. The Bertz CT molecular complexity index is 670. The van der Waals surface area contributed by atoms with Crippen molar-refractivity contribution in [3.8, 4) is 0 Å². The molecule has 0 aromatic heterocycles. The van der Waals surface area contributed by atoms with E-state index in [-0.39, 0.29) is 30.6 Å². The van der Waals surface area contributed by atoms with Crippen LogP contribution in [0, 0.1) is 5.92 Å². The number of hydrogen-bond donors (Lipinski definition) is 2. The molecule has 8 nitrogen and oxygen atoms in total. The number of rotatable bonds is 10. The number of carbonyl (C=O) groups excluding carboxylic acids is 2. The zero-order valence-corrected chi connectivity index (χ0v) is 16.7. The summed E-state index contributed by atoms with van der Waals surface area (Å²) in [6, 6.07) is 9.03. The van der Waals surface area contributed by atoms with Gasteiger partial charge in [-0.15, -0.1) is 13.1 Å². The summed E-state index contributed by atoms with van der Waals surface area (Å²) in [5.41, 5.74) is 0.981. The SMILES string of the molecule is CC(=O)CC[N-]C[C@@H](O)C(Cc1ccccc1)NC(=O)OC1COC2OCCC12. The molecule has 1 aromatic carbocycles. The predicted octanol–water partition coefficient (Wildman–Crippen LogP) is 1.80. The lowest BCUT2D eigenvalue weighted by Crippen LogP contribution is -2.47. The summed E-state index contributed by atoms with van der Waals surface area (Å²) in [5, 5.41) is 17.6. The maximum atomic E-state index is 12.5. The van der Waals surface area contributed by atoms with Crippen LogP contribution in [0.25, 0.3) is 5.32 Å². The van der Waals surface area contributed by atoms with Crippen LogP contribution in [0.3, 0.4) is 0 Å². The third-order valence-electron chi connectivity index (χ3n) is 5.25. The average molecular weight is 405 g/mol. The van der Waals surface area contributed by atoms with E-state index in [2.05, 4.69) is 10.6 Å². The number of benzene rings is 1. The number of ether oxygens (including phenoxy) is 3. The van der Waals surface area contributed by atoms with Gasteiger partial charge in [-0.1, -0.05) is 30.3 Å². The highest BCUT2D eigenvalue weighted by Crippen LogP contribution is 2.32. The molecule has 0 radical (unpaired) electrons. The van der Waals surface area contributed by atoms with Crippen LogP contribution in [0.2, 0.25) is 0 Å². The summed E-state index contributed by atoms with van der Waals surface area (Å²) < 4.78 is 16.5. The van der Waals surface area contributed by atoms with Gasteiger partial charge in [0.05, 0.1) is 31.3 Å². The molecule has 5 atom stereocenters. The number of fused-ring (bicyclic) bond motifs is 1. The quantitative estimate of drug-likeness (QED) is 0.575. The first-order valence-electron chi connectivity index (χ1n) is 10.1. The molecule has 1 aromatic rings. The lowest BCUT2D eigenvalue weighted by Gasteiger charge is -2.30. The van der Waals surface area contributed by atoms with E-state index in [0.29, 0.717) is 32.6 Å². The average Bonchev–Trinajstić information content (AvgIpc) is 3.30. The van der Waals surface area contributed by atoms with Crippen LogP contribution >= 0.6 is 0 Å². The maximum absolute atomic E-state index is 12.5. The van der Waals surface area contributed by atoms with Crippen molar-refractivity contribution in [2.75, 3.05) is 26.3 Å². The Morgan fingerprint density at radius 2 is 2.10 bits per heavy atom. The molecular formula is C21H29N2O6-. The highest BCUT2D eigenvalue weighted by molar-refractivity contribution is 5.75. The second kappa shape index (κ2) is 10.7. The van der Waals surface area contributed by atoms with Gasteiger partial charge >= 0.3 is 6.09 Å². The molecule has 8 heteroatoms. The molecule has 2 N–H and O–H groups in total. The molecule has 4 unspecified atom stereocenters. The largest absolute Gasteiger partial charge is 0.660 e. The molecule has 1 amide bonds. The van der Waals surface area contributed by atoms with Gasteiger partial charge in [0, 0.05) is 0 Å². The first kappa shape index (κ1) is 21.7. The molecular weight excluding hydrogens is 376 g/mol. The van der Waals surface area contributed by atoms with Crippen LogP contribution in [0.4, 0.5) is 4.79 Å². The molecule has 2 aliphatic rings. The number of Topliss-reactive ketones (excluding diaryl/α,β-unsaturated/α-hetero) is 1. The van der Waals surface area contributed by atoms with E-state index in [0.717, 1.165) is 12.0 Å². The Morgan fingerprint density at radius 1 is 1.31 bits per heavy atom. The maximum Gasteiger partial charge on any atom is 0.407 e. The van der Waals surface area contributed by atoms with Gasteiger partial charge in [0.15, 0.2) is 6.29 Å². The van der Waals surface area contributed by atoms with Gasteiger partial charge in [-0.2, -0.15) is 0 Å². The number of amides is 1. The molecule has 0 bridgehead atoms. The molecule has 2 heterocycles. The monoisotopic (exact) mass is 405 g/mol. The minimum atomic E-state index is -0.892. The topological polar surface area (TPSA) is 108 Å². The minimum Gasteiger partial charge on any atom is -0.660 e. The first-order valence-corrected chi connectivity index (χ1v) is 10.1. The van der Waals surface area contributed by atoms with E-state index in [1.807, 2.05) is 30.3 Å². The van der Waals surface area contributed by atoms with E-state index < -0.39 is 18.2 Å². The van der Waals surface area contributed by atoms with E-state index >= 15 is 0 Å². The number of carbonyl (C=O) groups is 2. The summed E-state index contributed by atoms with van der Waals surface area (Å²) in [5.74, 6) is 0.110. The van der Waals surface area contributed by atoms with Crippen LogP contribution in [-0.2, 0) is 25.4 Å². The summed E-state index contributed by atoms with van der Waals surface area (Å²) in [4.78, 5) is 23.5. The van der Waals surface area contributed by atoms with Crippen molar-refractivity contribution in [2.24, 2.45) is 5.92 Å². The van der Waals surface area contributed by atoms with Gasteiger partial charge in [0.2, 0.25) is 0 Å². The van der Waals surface area contributed by atoms with E-state index in [1.54, 1.807) is 0 Å². The Kier molecular flexibility index (Phi) is 8.00. The van der Waals surface area contributed by atoms with Crippen molar-refractivity contribution in [2.45, 2.75) is 50.7 Å². The van der Waals surface area contributed by atoms with Gasteiger partial charge in [0.1, 0.15) is 11.9 Å². The van der Waals surface area contributed by atoms with Crippen molar-refractivity contribution in [3.63, 3.8) is 0 Å². The van der Waals surface area contributed by atoms with Gasteiger partial charge < -0.3 is 34.7 Å². The molecule has 0 saturated carbocycles. The Morgan fingerprint density at radius 3 is 2.86 bits per heavy atom. The number of nitrogens with one attached hydrogen (secondary N) is 1. The first-order chi connectivity index (χ1) is 14.0. The van der Waals surface area contributed by atoms with Crippen molar-refractivity contribution in [3.05, 3.63) is 41.2 Å². The number of ketones is 1. The van der Waals surface area contributed by atoms with E-state index in [9.17, 15) is 14.7 Å². The molecule has 0 aliphatic carbocycles. The molecule has 2 aliphatic heterocycles. The number of nitrogens with zero attached hydrogens (tertiary/aromatic N) is 1. The number of hydrogen-bond acceptors (Lipinski definition) is 6. The Hall–Kier alpha value is -2.00. The van der Waals surface area contributed by atoms with Crippen molar-refractivity contribution in [1.82, 2.24) is 5.32 Å². The van der Waals surface area contributed by atoms with Gasteiger partial charge in [-0.3, -0.25) is 0 Å². The van der Waals surface area contributed by atoms with Gasteiger partial charge in [-0.05, 0) is 31.7 Å². The van der Waals surface area contributed by atoms with Crippen LogP contribution in [0.1, 0.15) is 25.3 Å². The lowest BCUT2D eigenvalue weighted by atomic mass is 10.0. The Labute approximate surface area is 170 Å². The van der Waals surface area contributed by atoms with Crippen LogP contribution in [0.15, 0.2) is 30.3 Å². The molecule has 2 saturated heterocycles. The molecule has 29 heavy (non-hydrogen) atoms. The van der Waals surface area contributed by atoms with Gasteiger partial charge in [0.25, 0.3) is 0 Å². The smallest absolute Gasteiger partial charge is 0.407 e. The highest BCUT2D eigenvalue weighted by atomic mass is 16.7. The van der Waals surface area contributed by atoms with E-state index in [1.165, 1.54) is 6.92 Å². The summed E-state index contributed by atoms with van der Waals surface area (Å²) in [7, 11) is 0. The number of aliphatic hydroxyl groups is 1. The number of alkyl carbamates (subject to hydrolysis) is 1. The zero-order chi connectivity index (χ0) is 20.6. The summed E-state index contributed by atoms with van der Waals surface area (Å²) >= 11 is 0. The standard InChI is InChI=1S/C21H29N2O6/c1-14(24)7-9-22-12-18(25)17(11-15-5-3-2-4-6-15)23-21(26)29-19-13-28-20-16(19)8-10-27-20/h2-6,16-20,25H,7-13H2,1H3,(H,23,26)/q-1/t16?,17?,18-,19?,20?/m1/s1. The fourth-order valence-corrected chi connectivity index (χ4v) is 3.61. The fourth-order valence-electron chi connectivity index (χ4n) is 3.61. The molecule has 160 valence electrons. The lowest BCUT2D eigenvalue weighted by molar-refractivity contribution is -0.116. The third kappa shape index (κ3) is 6.50. The summed E-state index contributed by atoms with van der Waals surface area (Å²) in [6.07, 6.45) is -0.538. The summed E-state index contributed by atoms with van der Waals surface area (Å²) in [6.45, 7) is 2.92. The van der Waals surface area contributed by atoms with Crippen LogP contribution < -0.4 is 5.32 Å². The highest BCUT2D eigenvalue weighted by Gasteiger charge is 2.44. The minimum absolute atomic E-state index is 0.0544. The molecule has 0 spiro atoms. The predicted molar refractivity (Wildman–Crippen MR) is 106 cm³/mol. The second-order valence-corrected chi connectivity index (χ2v) is 7.56. The third-order valence-corrected chi connectivity index (χ3v) is 5.25. The Balaban J connectivity index is 1.54. The van der Waals surface area contributed by atoms with Crippen molar-refractivity contribution >= 4 is 11.9 Å². The fraction of sp³-hybridized carbons (Fsp3) is 0.619. The van der Waals surface area contributed by atoms with Gasteiger partial charge in [-0.25, -0.2) is 4.79 Å². The van der Waals surface area contributed by atoms with E-state index in [4.69, 9.17) is 14.2 Å². The van der Waals surface area contributed by atoms with Crippen molar-refractivity contribution in [1.29, 1.82) is 0 Å². The molecule has 2 fully saturated rings. The van der Waals surface area contributed by atoms with Crippen molar-refractivity contribution < 1.29 is 28.9 Å². The van der Waals surface area contributed by atoms with Crippen LogP contribution in [0.5, 0.6) is 0 Å². The number of aliphatic hydroxyl groups excluding tert-OH is 1. The zero-order valence-electron chi connectivity index (χ0n) is 16.7. The van der Waals surface area contributed by atoms with Crippen LogP contribution in [-0.4, -0.2) is 67.8 Å². The normalized spacial score (nSPS) is 25.2. The molecule has 3 rings (SSSR count).